The first-order chi connectivity index (χ1) is 10.0. The van der Waals surface area contributed by atoms with Crippen LogP contribution in [0.1, 0.15) is 25.8 Å². The molecule has 2 rings (SSSR count). The van der Waals surface area contributed by atoms with E-state index >= 15 is 0 Å². The number of nitrogens with one attached hydrogen (secondary N) is 1. The van der Waals surface area contributed by atoms with Crippen molar-refractivity contribution in [3.8, 4) is 0 Å². The van der Waals surface area contributed by atoms with Gasteiger partial charge in [0.25, 0.3) is 0 Å². The second-order valence-corrected chi connectivity index (χ2v) is 6.99. The van der Waals surface area contributed by atoms with Gasteiger partial charge in [0, 0.05) is 32.4 Å². The first-order valence-electron chi connectivity index (χ1n) is 8.24. The van der Waals surface area contributed by atoms with Gasteiger partial charge in [-0.15, -0.1) is 0 Å². The topological polar surface area (TPSA) is 18.5 Å². The third-order valence-electron chi connectivity index (χ3n) is 4.28. The molecule has 1 atom stereocenters. The minimum absolute atomic E-state index is 0.708. The van der Waals surface area contributed by atoms with Crippen molar-refractivity contribution >= 4 is 5.69 Å². The summed E-state index contributed by atoms with van der Waals surface area (Å²) in [5.41, 5.74) is 2.70. The van der Waals surface area contributed by atoms with Crippen LogP contribution in [0.2, 0.25) is 0 Å². The second-order valence-electron chi connectivity index (χ2n) is 6.99. The Morgan fingerprint density at radius 1 is 1.29 bits per heavy atom. The molecule has 1 aliphatic heterocycles. The van der Waals surface area contributed by atoms with Crippen molar-refractivity contribution in [1.29, 1.82) is 0 Å². The van der Waals surface area contributed by atoms with Crippen LogP contribution in [0.25, 0.3) is 0 Å². The molecule has 1 heterocycles. The molecule has 1 unspecified atom stereocenters. The standard InChI is InChI=1S/C18H31N3/c1-15(2)11-19-12-16-5-7-18(8-6-16)21(4)14-17-9-10-20(3)13-17/h5-8,15,17,19H,9-14H2,1-4H3. The molecule has 0 saturated carbocycles. The van der Waals surface area contributed by atoms with Crippen LogP contribution in [0.4, 0.5) is 5.69 Å². The van der Waals surface area contributed by atoms with E-state index in [2.05, 4.69) is 67.3 Å². The zero-order valence-corrected chi connectivity index (χ0v) is 14.1. The van der Waals surface area contributed by atoms with Gasteiger partial charge in [-0.1, -0.05) is 26.0 Å². The summed E-state index contributed by atoms with van der Waals surface area (Å²) >= 11 is 0. The number of hydrogen-bond donors (Lipinski definition) is 1. The predicted octanol–water partition coefficient (Wildman–Crippen LogP) is 2.82. The highest BCUT2D eigenvalue weighted by atomic mass is 15.1. The molecule has 1 aromatic carbocycles. The first-order valence-corrected chi connectivity index (χ1v) is 8.24. The van der Waals surface area contributed by atoms with E-state index < -0.39 is 0 Å². The summed E-state index contributed by atoms with van der Waals surface area (Å²) < 4.78 is 0. The second kappa shape index (κ2) is 7.81. The van der Waals surface area contributed by atoms with Crippen molar-refractivity contribution in [3.63, 3.8) is 0 Å². The van der Waals surface area contributed by atoms with E-state index in [0.29, 0.717) is 5.92 Å². The molecule has 1 fully saturated rings. The average Bonchev–Trinajstić information content (AvgIpc) is 2.84. The summed E-state index contributed by atoms with van der Waals surface area (Å²) in [6.45, 7) is 10.2. The molecular weight excluding hydrogens is 258 g/mol. The number of rotatable bonds is 7. The Balaban J connectivity index is 1.80. The normalized spacial score (nSPS) is 19.4. The Morgan fingerprint density at radius 2 is 2.00 bits per heavy atom. The number of likely N-dealkylation sites (tertiary alicyclic amines) is 1. The lowest BCUT2D eigenvalue weighted by molar-refractivity contribution is 0.396. The molecule has 0 bridgehead atoms. The molecule has 0 aromatic heterocycles. The maximum absolute atomic E-state index is 3.49. The molecule has 21 heavy (non-hydrogen) atoms. The maximum Gasteiger partial charge on any atom is 0.0363 e. The lowest BCUT2D eigenvalue weighted by Gasteiger charge is -2.23. The monoisotopic (exact) mass is 289 g/mol. The Labute approximate surface area is 130 Å². The van der Waals surface area contributed by atoms with Gasteiger partial charge in [0.1, 0.15) is 0 Å². The van der Waals surface area contributed by atoms with Crippen molar-refractivity contribution in [1.82, 2.24) is 10.2 Å². The van der Waals surface area contributed by atoms with E-state index in [-0.39, 0.29) is 0 Å². The van der Waals surface area contributed by atoms with Crippen molar-refractivity contribution < 1.29 is 0 Å². The minimum Gasteiger partial charge on any atom is -0.374 e. The quantitative estimate of drug-likeness (QED) is 0.833. The van der Waals surface area contributed by atoms with Gasteiger partial charge in [0.05, 0.1) is 0 Å². The van der Waals surface area contributed by atoms with Gasteiger partial charge in [0.2, 0.25) is 0 Å². The highest BCUT2D eigenvalue weighted by Gasteiger charge is 2.20. The van der Waals surface area contributed by atoms with Crippen LogP contribution in [-0.2, 0) is 6.54 Å². The molecule has 0 amide bonds. The zero-order chi connectivity index (χ0) is 15.2. The summed E-state index contributed by atoms with van der Waals surface area (Å²) in [6, 6.07) is 9.01. The SMILES string of the molecule is CC(C)CNCc1ccc(N(C)CC2CCN(C)C2)cc1. The van der Waals surface area contributed by atoms with E-state index in [4.69, 9.17) is 0 Å². The van der Waals surface area contributed by atoms with Crippen molar-refractivity contribution in [2.24, 2.45) is 11.8 Å². The Kier molecular flexibility index (Phi) is 6.07. The Morgan fingerprint density at radius 3 is 2.57 bits per heavy atom. The van der Waals surface area contributed by atoms with Gasteiger partial charge in [-0.3, -0.25) is 0 Å². The summed E-state index contributed by atoms with van der Waals surface area (Å²) in [5, 5.41) is 3.49. The summed E-state index contributed by atoms with van der Waals surface area (Å²) in [5.74, 6) is 1.52. The molecule has 118 valence electrons. The minimum atomic E-state index is 0.708. The first kappa shape index (κ1) is 16.3. The predicted molar refractivity (Wildman–Crippen MR) is 91.9 cm³/mol. The molecule has 3 nitrogen and oxygen atoms in total. The molecule has 1 N–H and O–H groups in total. The largest absolute Gasteiger partial charge is 0.374 e. The van der Waals surface area contributed by atoms with Gasteiger partial charge in [-0.05, 0) is 56.1 Å². The lowest BCUT2D eigenvalue weighted by atomic mass is 10.1. The third kappa shape index (κ3) is 5.33. The van der Waals surface area contributed by atoms with Gasteiger partial charge >= 0.3 is 0 Å². The molecule has 1 saturated heterocycles. The zero-order valence-electron chi connectivity index (χ0n) is 14.1. The summed E-state index contributed by atoms with van der Waals surface area (Å²) in [6.07, 6.45) is 1.33. The Hall–Kier alpha value is -1.06. The average molecular weight is 289 g/mol. The summed E-state index contributed by atoms with van der Waals surface area (Å²) in [4.78, 5) is 4.83. The highest BCUT2D eigenvalue weighted by Crippen LogP contribution is 2.20. The molecule has 1 aromatic rings. The van der Waals surface area contributed by atoms with Crippen LogP contribution in [0.5, 0.6) is 0 Å². The fourth-order valence-electron chi connectivity index (χ4n) is 3.04. The van der Waals surface area contributed by atoms with Crippen molar-refractivity contribution in [2.75, 3.05) is 45.2 Å². The van der Waals surface area contributed by atoms with Crippen LogP contribution < -0.4 is 10.2 Å². The third-order valence-corrected chi connectivity index (χ3v) is 4.28. The van der Waals surface area contributed by atoms with Gasteiger partial charge in [-0.2, -0.15) is 0 Å². The van der Waals surface area contributed by atoms with Crippen molar-refractivity contribution in [2.45, 2.75) is 26.8 Å². The molecule has 0 aliphatic carbocycles. The van der Waals surface area contributed by atoms with E-state index in [1.54, 1.807) is 0 Å². The fourth-order valence-corrected chi connectivity index (χ4v) is 3.04. The number of hydrogen-bond acceptors (Lipinski definition) is 3. The van der Waals surface area contributed by atoms with Gasteiger partial charge in [-0.25, -0.2) is 0 Å². The lowest BCUT2D eigenvalue weighted by Crippen LogP contribution is -2.27. The van der Waals surface area contributed by atoms with Crippen molar-refractivity contribution in [3.05, 3.63) is 29.8 Å². The smallest absolute Gasteiger partial charge is 0.0363 e. The molecule has 1 aliphatic rings. The number of anilines is 1. The van der Waals surface area contributed by atoms with Gasteiger partial charge < -0.3 is 15.1 Å². The van der Waals surface area contributed by atoms with Crippen LogP contribution in [0.3, 0.4) is 0 Å². The molecule has 3 heteroatoms. The number of benzene rings is 1. The highest BCUT2D eigenvalue weighted by molar-refractivity contribution is 5.46. The van der Waals surface area contributed by atoms with E-state index in [1.807, 2.05) is 0 Å². The molecular formula is C18H31N3. The molecule has 0 radical (unpaired) electrons. The van der Waals surface area contributed by atoms with Crippen LogP contribution in [-0.4, -0.2) is 45.2 Å². The van der Waals surface area contributed by atoms with E-state index in [1.165, 1.54) is 30.8 Å². The molecule has 0 spiro atoms. The summed E-state index contributed by atoms with van der Waals surface area (Å²) in [7, 11) is 4.43. The van der Waals surface area contributed by atoms with Crippen LogP contribution in [0.15, 0.2) is 24.3 Å². The van der Waals surface area contributed by atoms with Gasteiger partial charge in [0.15, 0.2) is 0 Å². The maximum atomic E-state index is 3.49. The van der Waals surface area contributed by atoms with E-state index in [9.17, 15) is 0 Å². The van der Waals surface area contributed by atoms with Crippen LogP contribution >= 0.6 is 0 Å². The van der Waals surface area contributed by atoms with E-state index in [0.717, 1.165) is 25.6 Å². The van der Waals surface area contributed by atoms with Crippen LogP contribution in [0, 0.1) is 11.8 Å². The Bertz CT molecular complexity index is 413. The number of nitrogens with zero attached hydrogens (tertiary/aromatic N) is 2. The fraction of sp³-hybridized carbons (Fsp3) is 0.667.